The third kappa shape index (κ3) is 5.57. The summed E-state index contributed by atoms with van der Waals surface area (Å²) in [6.07, 6.45) is 2.99. The first kappa shape index (κ1) is 22.1. The number of amides is 1. The van der Waals surface area contributed by atoms with Crippen LogP contribution in [0, 0.1) is 0 Å². The number of nitrogens with zero attached hydrogens (tertiary/aromatic N) is 1. The molecule has 0 fully saturated rings. The minimum absolute atomic E-state index is 0.0319. The predicted octanol–water partition coefficient (Wildman–Crippen LogP) is 4.51. The van der Waals surface area contributed by atoms with Gasteiger partial charge in [0.05, 0.1) is 25.0 Å². The zero-order valence-corrected chi connectivity index (χ0v) is 19.2. The number of aromatic nitrogens is 2. The van der Waals surface area contributed by atoms with Crippen LogP contribution in [0.5, 0.6) is 5.75 Å². The van der Waals surface area contributed by atoms with Crippen molar-refractivity contribution >= 4 is 45.7 Å². The number of hydrogen-bond acceptors (Lipinski definition) is 6. The Morgan fingerprint density at radius 1 is 1.16 bits per heavy atom. The van der Waals surface area contributed by atoms with Crippen LogP contribution < -0.4 is 10.1 Å². The monoisotopic (exact) mass is 465 g/mol. The Bertz CT molecular complexity index is 1210. The molecule has 32 heavy (non-hydrogen) atoms. The first-order valence-electron chi connectivity index (χ1n) is 10.2. The van der Waals surface area contributed by atoms with Gasteiger partial charge in [-0.25, -0.2) is 4.98 Å². The Balaban J connectivity index is 1.22. The van der Waals surface area contributed by atoms with E-state index in [4.69, 9.17) is 4.74 Å². The van der Waals surface area contributed by atoms with E-state index in [-0.39, 0.29) is 18.1 Å². The lowest BCUT2D eigenvalue weighted by Crippen LogP contribution is -2.27. The van der Waals surface area contributed by atoms with Crippen LogP contribution in [0.15, 0.2) is 64.4 Å². The van der Waals surface area contributed by atoms with Gasteiger partial charge in [0.2, 0.25) is 5.91 Å². The number of rotatable bonds is 10. The number of hydrogen-bond donors (Lipinski definition) is 2. The summed E-state index contributed by atoms with van der Waals surface area (Å²) in [7, 11) is 1.59. The van der Waals surface area contributed by atoms with Crippen LogP contribution in [-0.2, 0) is 17.6 Å². The van der Waals surface area contributed by atoms with Crippen LogP contribution in [0.2, 0.25) is 0 Å². The van der Waals surface area contributed by atoms with Gasteiger partial charge in [0.15, 0.2) is 10.1 Å². The number of Topliss-reactive ketones (excluding diaryl/α,β-unsaturated/α-hetero) is 1. The lowest BCUT2D eigenvalue weighted by Gasteiger charge is -2.04. The van der Waals surface area contributed by atoms with Crippen LogP contribution in [0.1, 0.15) is 21.6 Å². The third-order valence-electron chi connectivity index (χ3n) is 5.00. The summed E-state index contributed by atoms with van der Waals surface area (Å²) in [4.78, 5) is 32.4. The van der Waals surface area contributed by atoms with Gasteiger partial charge in [-0.2, -0.15) is 0 Å². The van der Waals surface area contributed by atoms with Crippen LogP contribution in [0.25, 0.3) is 10.9 Å². The molecule has 8 heteroatoms. The van der Waals surface area contributed by atoms with Gasteiger partial charge in [0.1, 0.15) is 5.75 Å². The molecule has 0 spiro atoms. The van der Waals surface area contributed by atoms with Crippen molar-refractivity contribution in [1.82, 2.24) is 15.3 Å². The van der Waals surface area contributed by atoms with Gasteiger partial charge in [-0.05, 0) is 42.3 Å². The van der Waals surface area contributed by atoms with E-state index in [1.165, 1.54) is 34.0 Å². The fraction of sp³-hybridized carbons (Fsp3) is 0.208. The molecule has 0 saturated heterocycles. The molecule has 0 bridgehead atoms. The highest BCUT2D eigenvalue weighted by Gasteiger charge is 2.12. The maximum Gasteiger partial charge on any atom is 0.226 e. The molecule has 1 amide bonds. The summed E-state index contributed by atoms with van der Waals surface area (Å²) in [5, 5.41) is 6.03. The van der Waals surface area contributed by atoms with Crippen molar-refractivity contribution in [3.05, 3.63) is 76.9 Å². The van der Waals surface area contributed by atoms with Crippen LogP contribution in [-0.4, -0.2) is 41.1 Å². The summed E-state index contributed by atoms with van der Waals surface area (Å²) in [6, 6.07) is 15.2. The normalized spacial score (nSPS) is 10.9. The Morgan fingerprint density at radius 3 is 2.78 bits per heavy atom. The maximum absolute atomic E-state index is 12.3. The number of nitrogens with one attached hydrogen (secondary N) is 2. The predicted molar refractivity (Wildman–Crippen MR) is 129 cm³/mol. The first-order valence-corrected chi connectivity index (χ1v) is 12.0. The van der Waals surface area contributed by atoms with Gasteiger partial charge in [-0.15, -0.1) is 11.3 Å². The van der Waals surface area contributed by atoms with E-state index in [0.717, 1.165) is 27.7 Å². The largest absolute Gasteiger partial charge is 0.497 e. The smallest absolute Gasteiger partial charge is 0.226 e. The second-order valence-corrected chi connectivity index (χ2v) is 9.26. The summed E-state index contributed by atoms with van der Waals surface area (Å²) < 4.78 is 5.90. The Hall–Kier alpha value is -3.10. The topological polar surface area (TPSA) is 84.1 Å². The number of para-hydroxylation sites is 1. The number of ketones is 1. The van der Waals surface area contributed by atoms with Gasteiger partial charge >= 0.3 is 0 Å². The molecule has 0 atom stereocenters. The van der Waals surface area contributed by atoms with E-state index in [2.05, 4.69) is 21.4 Å². The molecule has 2 N–H and O–H groups in total. The molecule has 164 valence electrons. The quantitative estimate of drug-likeness (QED) is 0.266. The SMILES string of the molecule is COc1ccc(C(=O)CSc2nc(CC(=O)NCCc3c[nH]c4ccccc34)cs2)cc1. The number of thiazole rings is 1. The van der Waals surface area contributed by atoms with Crippen molar-refractivity contribution in [2.75, 3.05) is 19.4 Å². The zero-order valence-electron chi connectivity index (χ0n) is 17.6. The highest BCUT2D eigenvalue weighted by atomic mass is 32.2. The number of methoxy groups -OCH3 is 1. The van der Waals surface area contributed by atoms with Gasteiger partial charge in [0, 0.05) is 34.6 Å². The number of carbonyl (C=O) groups excluding carboxylic acids is 2. The molecule has 0 aliphatic carbocycles. The summed E-state index contributed by atoms with van der Waals surface area (Å²) >= 11 is 2.84. The number of fused-ring (bicyclic) bond motifs is 1. The minimum atomic E-state index is -0.0546. The van der Waals surface area contributed by atoms with E-state index >= 15 is 0 Å². The lowest BCUT2D eigenvalue weighted by atomic mass is 10.1. The van der Waals surface area contributed by atoms with E-state index < -0.39 is 0 Å². The van der Waals surface area contributed by atoms with Crippen molar-refractivity contribution in [2.24, 2.45) is 0 Å². The standard InChI is InChI=1S/C24H23N3O3S2/c1-30-19-8-6-16(7-9-19)22(28)15-32-24-27-18(14-31-24)12-23(29)25-11-10-17-13-26-21-5-3-2-4-20(17)21/h2-9,13-14,26H,10-12,15H2,1H3,(H,25,29). The number of benzene rings is 2. The van der Waals surface area contributed by atoms with Gasteiger partial charge < -0.3 is 15.0 Å². The van der Waals surface area contributed by atoms with Crippen molar-refractivity contribution < 1.29 is 14.3 Å². The van der Waals surface area contributed by atoms with Gasteiger partial charge in [-0.1, -0.05) is 30.0 Å². The zero-order chi connectivity index (χ0) is 22.3. The summed E-state index contributed by atoms with van der Waals surface area (Å²) in [5.41, 5.74) is 3.66. The molecule has 6 nitrogen and oxygen atoms in total. The molecule has 2 aromatic carbocycles. The molecular formula is C24H23N3O3S2. The average molecular weight is 466 g/mol. The fourth-order valence-electron chi connectivity index (χ4n) is 3.33. The van der Waals surface area contributed by atoms with E-state index in [1.54, 1.807) is 31.4 Å². The van der Waals surface area contributed by atoms with Crippen molar-refractivity contribution in [2.45, 2.75) is 17.2 Å². The molecule has 0 saturated carbocycles. The maximum atomic E-state index is 12.3. The van der Waals surface area contributed by atoms with E-state index in [0.29, 0.717) is 17.9 Å². The number of aromatic amines is 1. The molecule has 4 aromatic rings. The molecule has 0 unspecified atom stereocenters. The van der Waals surface area contributed by atoms with Gasteiger partial charge in [0.25, 0.3) is 0 Å². The van der Waals surface area contributed by atoms with Crippen molar-refractivity contribution in [3.63, 3.8) is 0 Å². The van der Waals surface area contributed by atoms with Gasteiger partial charge in [-0.3, -0.25) is 9.59 Å². The van der Waals surface area contributed by atoms with E-state index in [1.807, 2.05) is 29.8 Å². The molecule has 2 heterocycles. The third-order valence-corrected chi connectivity index (χ3v) is 7.07. The average Bonchev–Trinajstić information content (AvgIpc) is 3.44. The van der Waals surface area contributed by atoms with Crippen molar-refractivity contribution in [1.29, 1.82) is 0 Å². The number of carbonyl (C=O) groups is 2. The Morgan fingerprint density at radius 2 is 1.97 bits per heavy atom. The number of thioether (sulfide) groups is 1. The fourth-order valence-corrected chi connectivity index (χ4v) is 5.06. The van der Waals surface area contributed by atoms with Crippen molar-refractivity contribution in [3.8, 4) is 5.75 Å². The Kier molecular flexibility index (Phi) is 7.24. The second kappa shape index (κ2) is 10.5. The molecule has 0 radical (unpaired) electrons. The first-order chi connectivity index (χ1) is 15.6. The van der Waals surface area contributed by atoms with E-state index in [9.17, 15) is 9.59 Å². The highest BCUT2D eigenvalue weighted by molar-refractivity contribution is 8.01. The minimum Gasteiger partial charge on any atom is -0.497 e. The molecule has 0 aliphatic rings. The molecule has 2 aromatic heterocycles. The van der Waals surface area contributed by atoms with Crippen LogP contribution in [0.4, 0.5) is 0 Å². The summed E-state index contributed by atoms with van der Waals surface area (Å²) in [5.74, 6) is 1.000. The summed E-state index contributed by atoms with van der Waals surface area (Å²) in [6.45, 7) is 0.572. The Labute approximate surface area is 194 Å². The highest BCUT2D eigenvalue weighted by Crippen LogP contribution is 2.24. The number of ether oxygens (including phenoxy) is 1. The molecule has 4 rings (SSSR count). The van der Waals surface area contributed by atoms with Crippen LogP contribution >= 0.6 is 23.1 Å². The molecule has 0 aliphatic heterocycles. The molecular weight excluding hydrogens is 442 g/mol. The second-order valence-electron chi connectivity index (χ2n) is 7.18. The lowest BCUT2D eigenvalue weighted by molar-refractivity contribution is -0.120. The number of H-pyrrole nitrogens is 1. The van der Waals surface area contributed by atoms with Crippen LogP contribution in [0.3, 0.4) is 0 Å².